The first-order valence-electron chi connectivity index (χ1n) is 10.2. The number of rotatable bonds is 6. The molecule has 3 aromatic rings. The minimum atomic E-state index is -0.438. The lowest BCUT2D eigenvalue weighted by atomic mass is 9.98. The number of nitrogens with zero attached hydrogens (tertiary/aromatic N) is 3. The molecule has 0 aliphatic carbocycles. The second kappa shape index (κ2) is 7.95. The molecule has 1 amide bonds. The molecule has 4 rings (SSSR count). The average molecular weight is 405 g/mol. The molecule has 0 saturated carbocycles. The third-order valence-corrected chi connectivity index (χ3v) is 5.60. The van der Waals surface area contributed by atoms with E-state index in [9.17, 15) is 9.59 Å². The van der Waals surface area contributed by atoms with Crippen LogP contribution in [0, 0.1) is 0 Å². The number of carbonyl (C=O) groups is 1. The van der Waals surface area contributed by atoms with Crippen molar-refractivity contribution >= 4 is 22.6 Å². The molecule has 1 aliphatic rings. The lowest BCUT2D eigenvalue weighted by Crippen LogP contribution is -2.32. The van der Waals surface area contributed by atoms with Gasteiger partial charge in [0.1, 0.15) is 5.58 Å². The highest BCUT2D eigenvalue weighted by Gasteiger charge is 2.42. The molecule has 0 bridgehead atoms. The number of fused-ring (bicyclic) bond motifs is 2. The Morgan fingerprint density at radius 2 is 1.67 bits per heavy atom. The fourth-order valence-electron chi connectivity index (χ4n) is 4.06. The number of anilines is 1. The minimum Gasteiger partial charge on any atom is -0.450 e. The summed E-state index contributed by atoms with van der Waals surface area (Å²) in [7, 11) is 7.99. The average Bonchev–Trinajstić information content (AvgIpc) is 3.00. The maximum atomic E-state index is 13.4. The normalized spacial score (nSPS) is 15.8. The SMILES string of the molecule is CN(C)CCCN1C(=O)c2oc3ccccc3c(=O)c2C1c1ccc(N(C)C)cc1. The van der Waals surface area contributed by atoms with Crippen molar-refractivity contribution in [2.75, 3.05) is 46.2 Å². The molecule has 1 aromatic heterocycles. The van der Waals surface area contributed by atoms with E-state index in [0.717, 1.165) is 24.2 Å². The van der Waals surface area contributed by atoms with Gasteiger partial charge in [-0.1, -0.05) is 24.3 Å². The molecule has 2 aromatic carbocycles. The summed E-state index contributed by atoms with van der Waals surface area (Å²) in [6.07, 6.45) is 0.812. The molecule has 6 nitrogen and oxygen atoms in total. The molecule has 0 fully saturated rings. The molecule has 1 aliphatic heterocycles. The van der Waals surface area contributed by atoms with Crippen molar-refractivity contribution < 1.29 is 9.21 Å². The van der Waals surface area contributed by atoms with Crippen LogP contribution in [0.25, 0.3) is 11.0 Å². The topological polar surface area (TPSA) is 57.0 Å². The van der Waals surface area contributed by atoms with Crippen LogP contribution in [0.15, 0.2) is 57.7 Å². The Hall–Kier alpha value is -3.12. The van der Waals surface area contributed by atoms with Crippen molar-refractivity contribution in [3.05, 3.63) is 75.6 Å². The molecule has 1 unspecified atom stereocenters. The van der Waals surface area contributed by atoms with Crippen LogP contribution in [0.4, 0.5) is 5.69 Å². The van der Waals surface area contributed by atoms with E-state index in [1.54, 1.807) is 17.0 Å². The van der Waals surface area contributed by atoms with Crippen molar-refractivity contribution in [3.63, 3.8) is 0 Å². The van der Waals surface area contributed by atoms with Gasteiger partial charge in [0.2, 0.25) is 5.76 Å². The minimum absolute atomic E-state index is 0.128. The number of para-hydroxylation sites is 1. The molecule has 0 saturated heterocycles. The first kappa shape index (κ1) is 20.2. The number of amides is 1. The van der Waals surface area contributed by atoms with E-state index in [-0.39, 0.29) is 17.1 Å². The van der Waals surface area contributed by atoms with Gasteiger partial charge in [0, 0.05) is 26.3 Å². The Kier molecular flexibility index (Phi) is 5.35. The first-order chi connectivity index (χ1) is 14.4. The molecular weight excluding hydrogens is 378 g/mol. The summed E-state index contributed by atoms with van der Waals surface area (Å²) in [5, 5.41) is 0.508. The molecule has 1 atom stereocenters. The van der Waals surface area contributed by atoms with Gasteiger partial charge in [-0.2, -0.15) is 0 Å². The quantitative estimate of drug-likeness (QED) is 0.630. The molecule has 156 valence electrons. The molecule has 0 spiro atoms. The van der Waals surface area contributed by atoms with Crippen LogP contribution in [0.5, 0.6) is 0 Å². The van der Waals surface area contributed by atoms with Gasteiger partial charge in [-0.3, -0.25) is 9.59 Å². The molecule has 0 radical (unpaired) electrons. The Labute approximate surface area is 176 Å². The summed E-state index contributed by atoms with van der Waals surface area (Å²) in [5.41, 5.74) is 2.75. The zero-order valence-corrected chi connectivity index (χ0v) is 17.9. The van der Waals surface area contributed by atoms with Crippen LogP contribution < -0.4 is 10.3 Å². The van der Waals surface area contributed by atoms with Gasteiger partial charge in [0.15, 0.2) is 5.43 Å². The number of hydrogen-bond acceptors (Lipinski definition) is 5. The fourth-order valence-corrected chi connectivity index (χ4v) is 4.06. The van der Waals surface area contributed by atoms with Crippen LogP contribution in [0.2, 0.25) is 0 Å². The monoisotopic (exact) mass is 405 g/mol. The molecule has 6 heteroatoms. The van der Waals surface area contributed by atoms with Gasteiger partial charge < -0.3 is 19.1 Å². The van der Waals surface area contributed by atoms with Crippen molar-refractivity contribution in [2.45, 2.75) is 12.5 Å². The maximum Gasteiger partial charge on any atom is 0.290 e. The Balaban J connectivity index is 1.84. The Morgan fingerprint density at radius 1 is 0.967 bits per heavy atom. The first-order valence-corrected chi connectivity index (χ1v) is 10.2. The molecule has 2 heterocycles. The largest absolute Gasteiger partial charge is 0.450 e. The van der Waals surface area contributed by atoms with Crippen molar-refractivity contribution in [1.82, 2.24) is 9.80 Å². The lowest BCUT2D eigenvalue weighted by molar-refractivity contribution is 0.0722. The summed E-state index contributed by atoms with van der Waals surface area (Å²) < 4.78 is 5.96. The number of carbonyl (C=O) groups excluding carboxylic acids is 1. The van der Waals surface area contributed by atoms with Crippen LogP contribution in [-0.2, 0) is 0 Å². The highest BCUT2D eigenvalue weighted by Crippen LogP contribution is 2.38. The van der Waals surface area contributed by atoms with Gasteiger partial charge in [-0.05, 0) is 56.9 Å². The van der Waals surface area contributed by atoms with E-state index in [1.807, 2.05) is 69.5 Å². The van der Waals surface area contributed by atoms with Gasteiger partial charge in [-0.25, -0.2) is 0 Å². The van der Waals surface area contributed by atoms with Crippen molar-refractivity contribution in [2.24, 2.45) is 0 Å². The smallest absolute Gasteiger partial charge is 0.290 e. The van der Waals surface area contributed by atoms with Crippen molar-refractivity contribution in [1.29, 1.82) is 0 Å². The van der Waals surface area contributed by atoms with E-state index in [4.69, 9.17) is 4.42 Å². The standard InChI is InChI=1S/C24H27N3O3/c1-25(2)14-7-15-27-21(16-10-12-17(13-11-16)26(3)4)20-22(28)18-8-5-6-9-19(18)30-23(20)24(27)29/h5-6,8-13,21H,7,14-15H2,1-4H3. The third kappa shape index (κ3) is 3.48. The zero-order valence-electron chi connectivity index (χ0n) is 17.9. The predicted octanol–water partition coefficient (Wildman–Crippen LogP) is 3.36. The Bertz CT molecular complexity index is 1130. The molecule has 30 heavy (non-hydrogen) atoms. The summed E-state index contributed by atoms with van der Waals surface area (Å²) >= 11 is 0. The highest BCUT2D eigenvalue weighted by atomic mass is 16.3. The van der Waals surface area contributed by atoms with Gasteiger partial charge >= 0.3 is 0 Å². The van der Waals surface area contributed by atoms with Crippen LogP contribution in [-0.4, -0.2) is 57.0 Å². The van der Waals surface area contributed by atoms with Crippen molar-refractivity contribution in [3.8, 4) is 0 Å². The van der Waals surface area contributed by atoms with Crippen LogP contribution in [0.1, 0.15) is 34.1 Å². The second-order valence-corrected chi connectivity index (χ2v) is 8.21. The van der Waals surface area contributed by atoms with Crippen LogP contribution >= 0.6 is 0 Å². The van der Waals surface area contributed by atoms with E-state index in [0.29, 0.717) is 23.1 Å². The summed E-state index contributed by atoms with van der Waals surface area (Å²) in [6, 6.07) is 14.7. The van der Waals surface area contributed by atoms with E-state index < -0.39 is 6.04 Å². The van der Waals surface area contributed by atoms with Gasteiger partial charge in [0.05, 0.1) is 17.0 Å². The van der Waals surface area contributed by atoms with E-state index in [2.05, 4.69) is 4.90 Å². The number of hydrogen-bond donors (Lipinski definition) is 0. The number of benzene rings is 2. The Morgan fingerprint density at radius 3 is 2.33 bits per heavy atom. The zero-order chi connectivity index (χ0) is 21.4. The fraction of sp³-hybridized carbons (Fsp3) is 0.333. The molecular formula is C24H27N3O3. The third-order valence-electron chi connectivity index (χ3n) is 5.60. The van der Waals surface area contributed by atoms with E-state index in [1.165, 1.54) is 0 Å². The summed E-state index contributed by atoms with van der Waals surface area (Å²) in [4.78, 5) is 32.6. The molecule has 0 N–H and O–H groups in total. The predicted molar refractivity (Wildman–Crippen MR) is 119 cm³/mol. The van der Waals surface area contributed by atoms with Gasteiger partial charge in [-0.15, -0.1) is 0 Å². The summed E-state index contributed by atoms with van der Waals surface area (Å²) in [6.45, 7) is 1.41. The summed E-state index contributed by atoms with van der Waals surface area (Å²) in [5.74, 6) is -0.0430. The lowest BCUT2D eigenvalue weighted by Gasteiger charge is -2.26. The van der Waals surface area contributed by atoms with Crippen LogP contribution in [0.3, 0.4) is 0 Å². The van der Waals surface area contributed by atoms with Gasteiger partial charge in [0.25, 0.3) is 5.91 Å². The second-order valence-electron chi connectivity index (χ2n) is 8.21. The maximum absolute atomic E-state index is 13.4. The van der Waals surface area contributed by atoms with E-state index >= 15 is 0 Å². The highest BCUT2D eigenvalue weighted by molar-refractivity contribution is 5.99.